The molecule has 3 N–H and O–H groups in total. The first-order chi connectivity index (χ1) is 9.53. The summed E-state index contributed by atoms with van der Waals surface area (Å²) in [6.07, 6.45) is 5.86. The molecule has 1 saturated heterocycles. The Labute approximate surface area is 122 Å². The van der Waals surface area contributed by atoms with E-state index in [4.69, 9.17) is 10.5 Å². The molecule has 0 spiro atoms. The third-order valence-electron chi connectivity index (χ3n) is 5.15. The number of nitrogens with two attached hydrogens (primary N) is 1. The number of amides is 1. The number of carbonyl (C=O) groups excluding carboxylic acids is 1. The zero-order valence-electron chi connectivity index (χ0n) is 12.9. The average molecular weight is 283 g/mol. The summed E-state index contributed by atoms with van der Waals surface area (Å²) in [6.45, 7) is 2.27. The normalized spacial score (nSPS) is 29.6. The van der Waals surface area contributed by atoms with Crippen LogP contribution in [0.2, 0.25) is 0 Å². The van der Waals surface area contributed by atoms with Gasteiger partial charge >= 0.3 is 0 Å². The predicted octanol–water partition coefficient (Wildman–Crippen LogP) is 0.731. The second-order valence-electron chi connectivity index (χ2n) is 6.57. The molecule has 2 aliphatic rings. The van der Waals surface area contributed by atoms with E-state index in [1.165, 1.54) is 0 Å². The van der Waals surface area contributed by atoms with Gasteiger partial charge in [0.2, 0.25) is 5.91 Å². The first-order valence-corrected chi connectivity index (χ1v) is 7.81. The average Bonchev–Trinajstić information content (AvgIpc) is 2.83. The topological polar surface area (TPSA) is 67.6 Å². The van der Waals surface area contributed by atoms with Crippen molar-refractivity contribution in [2.45, 2.75) is 50.1 Å². The van der Waals surface area contributed by atoms with Crippen LogP contribution in [0.3, 0.4) is 0 Å². The Kier molecular flexibility index (Phi) is 5.41. The fourth-order valence-electron chi connectivity index (χ4n) is 3.43. The minimum atomic E-state index is 0.0473. The number of nitrogens with one attached hydrogen (secondary N) is 1. The van der Waals surface area contributed by atoms with Crippen molar-refractivity contribution in [2.75, 3.05) is 33.9 Å². The van der Waals surface area contributed by atoms with Crippen molar-refractivity contribution in [3.05, 3.63) is 0 Å². The number of ether oxygens (including phenoxy) is 1. The number of hydrogen-bond donors (Lipinski definition) is 2. The second kappa shape index (κ2) is 6.87. The van der Waals surface area contributed by atoms with Crippen molar-refractivity contribution in [2.24, 2.45) is 11.7 Å². The quantitative estimate of drug-likeness (QED) is 0.780. The lowest BCUT2D eigenvalue weighted by Crippen LogP contribution is -2.55. The summed E-state index contributed by atoms with van der Waals surface area (Å²) in [7, 11) is 4.18. The number of hydrogen-bond acceptors (Lipinski definition) is 4. The van der Waals surface area contributed by atoms with E-state index < -0.39 is 0 Å². The number of likely N-dealkylation sites (N-methyl/N-ethyl adjacent to an activating group) is 1. The van der Waals surface area contributed by atoms with Crippen LogP contribution in [0.4, 0.5) is 0 Å². The highest BCUT2D eigenvalue weighted by atomic mass is 16.5. The fraction of sp³-hybridized carbons (Fsp3) is 0.933. The van der Waals surface area contributed by atoms with Gasteiger partial charge < -0.3 is 20.7 Å². The molecule has 0 aromatic carbocycles. The Morgan fingerprint density at radius 1 is 1.35 bits per heavy atom. The van der Waals surface area contributed by atoms with Gasteiger partial charge in [-0.15, -0.1) is 0 Å². The second-order valence-corrected chi connectivity index (χ2v) is 6.57. The molecule has 1 amide bonds. The SMILES string of the molecule is CN(C)C1(CNC(=O)C[C@@H]2CCC[C@H]2N)CCOCC1. The molecule has 0 aromatic rings. The van der Waals surface area contributed by atoms with Gasteiger partial charge in [0, 0.05) is 37.8 Å². The largest absolute Gasteiger partial charge is 0.381 e. The Hall–Kier alpha value is -0.650. The molecule has 2 fully saturated rings. The van der Waals surface area contributed by atoms with Crippen LogP contribution in [0.5, 0.6) is 0 Å². The number of rotatable bonds is 5. The minimum absolute atomic E-state index is 0.0473. The molecule has 0 aromatic heterocycles. The predicted molar refractivity (Wildman–Crippen MR) is 79.4 cm³/mol. The molecule has 2 atom stereocenters. The minimum Gasteiger partial charge on any atom is -0.381 e. The van der Waals surface area contributed by atoms with Crippen LogP contribution in [0, 0.1) is 5.92 Å². The Morgan fingerprint density at radius 3 is 2.60 bits per heavy atom. The van der Waals surface area contributed by atoms with Crippen LogP contribution in [0.1, 0.15) is 38.5 Å². The molecule has 20 heavy (non-hydrogen) atoms. The van der Waals surface area contributed by atoms with E-state index >= 15 is 0 Å². The van der Waals surface area contributed by atoms with Gasteiger partial charge in [0.15, 0.2) is 0 Å². The summed E-state index contributed by atoms with van der Waals surface area (Å²) >= 11 is 0. The molecular formula is C15H29N3O2. The molecule has 116 valence electrons. The van der Waals surface area contributed by atoms with E-state index in [-0.39, 0.29) is 17.5 Å². The van der Waals surface area contributed by atoms with Crippen molar-refractivity contribution in [1.82, 2.24) is 10.2 Å². The summed E-state index contributed by atoms with van der Waals surface area (Å²) < 4.78 is 5.45. The van der Waals surface area contributed by atoms with Crippen LogP contribution in [0.15, 0.2) is 0 Å². The third-order valence-corrected chi connectivity index (χ3v) is 5.15. The maximum absolute atomic E-state index is 12.1. The fourth-order valence-corrected chi connectivity index (χ4v) is 3.43. The molecule has 1 aliphatic carbocycles. The van der Waals surface area contributed by atoms with E-state index in [0.717, 1.165) is 45.3 Å². The van der Waals surface area contributed by atoms with Gasteiger partial charge in [-0.05, 0) is 45.7 Å². The van der Waals surface area contributed by atoms with Gasteiger partial charge in [-0.2, -0.15) is 0 Å². The van der Waals surface area contributed by atoms with Gasteiger partial charge in [-0.3, -0.25) is 4.79 Å². The lowest BCUT2D eigenvalue weighted by atomic mass is 9.88. The van der Waals surface area contributed by atoms with Crippen molar-refractivity contribution >= 4 is 5.91 Å². The summed E-state index contributed by atoms with van der Waals surface area (Å²) in [5, 5.41) is 3.13. The van der Waals surface area contributed by atoms with Crippen molar-refractivity contribution in [3.63, 3.8) is 0 Å². The zero-order chi connectivity index (χ0) is 14.6. The number of nitrogens with zero attached hydrogens (tertiary/aromatic N) is 1. The standard InChI is InChI=1S/C15H29N3O2/c1-18(2)15(6-8-20-9-7-15)11-17-14(19)10-12-4-3-5-13(12)16/h12-13H,3-11,16H2,1-2H3,(H,17,19)/t12-,13+/m0/s1. The van der Waals surface area contributed by atoms with Crippen molar-refractivity contribution in [1.29, 1.82) is 0 Å². The lowest BCUT2D eigenvalue weighted by Gasteiger charge is -2.43. The molecular weight excluding hydrogens is 254 g/mol. The smallest absolute Gasteiger partial charge is 0.220 e. The molecule has 5 heteroatoms. The number of carbonyl (C=O) groups is 1. The molecule has 5 nitrogen and oxygen atoms in total. The summed E-state index contributed by atoms with van der Waals surface area (Å²) in [5.41, 5.74) is 6.08. The van der Waals surface area contributed by atoms with Crippen molar-refractivity contribution in [3.8, 4) is 0 Å². The van der Waals surface area contributed by atoms with Gasteiger partial charge in [0.25, 0.3) is 0 Å². The molecule has 2 rings (SSSR count). The zero-order valence-corrected chi connectivity index (χ0v) is 12.9. The molecule has 0 radical (unpaired) electrons. The highest BCUT2D eigenvalue weighted by molar-refractivity contribution is 5.76. The molecule has 0 unspecified atom stereocenters. The van der Waals surface area contributed by atoms with E-state index in [9.17, 15) is 4.79 Å². The highest BCUT2D eigenvalue weighted by Gasteiger charge is 2.35. The van der Waals surface area contributed by atoms with Crippen LogP contribution in [-0.2, 0) is 9.53 Å². The molecule has 1 heterocycles. The van der Waals surface area contributed by atoms with E-state index in [2.05, 4.69) is 24.3 Å². The van der Waals surface area contributed by atoms with Gasteiger partial charge in [0.05, 0.1) is 0 Å². The van der Waals surface area contributed by atoms with Gasteiger partial charge in [0.1, 0.15) is 0 Å². The van der Waals surface area contributed by atoms with E-state index in [0.29, 0.717) is 18.9 Å². The molecule has 1 saturated carbocycles. The Balaban J connectivity index is 1.81. The monoisotopic (exact) mass is 283 g/mol. The Bertz CT molecular complexity index is 327. The first-order valence-electron chi connectivity index (χ1n) is 7.81. The van der Waals surface area contributed by atoms with Gasteiger partial charge in [-0.1, -0.05) is 6.42 Å². The molecule has 0 bridgehead atoms. The molecule has 1 aliphatic heterocycles. The third kappa shape index (κ3) is 3.71. The maximum atomic E-state index is 12.1. The summed E-state index contributed by atoms with van der Waals surface area (Å²) in [5.74, 6) is 0.528. The summed E-state index contributed by atoms with van der Waals surface area (Å²) in [4.78, 5) is 14.4. The highest BCUT2D eigenvalue weighted by Crippen LogP contribution is 2.27. The van der Waals surface area contributed by atoms with Crippen LogP contribution in [-0.4, -0.2) is 56.2 Å². The van der Waals surface area contributed by atoms with E-state index in [1.807, 2.05) is 0 Å². The van der Waals surface area contributed by atoms with Gasteiger partial charge in [-0.25, -0.2) is 0 Å². The lowest BCUT2D eigenvalue weighted by molar-refractivity contribution is -0.123. The first kappa shape index (κ1) is 15.7. The van der Waals surface area contributed by atoms with E-state index in [1.54, 1.807) is 0 Å². The maximum Gasteiger partial charge on any atom is 0.220 e. The van der Waals surface area contributed by atoms with Crippen LogP contribution in [0.25, 0.3) is 0 Å². The van der Waals surface area contributed by atoms with Crippen molar-refractivity contribution < 1.29 is 9.53 Å². The summed E-state index contributed by atoms with van der Waals surface area (Å²) in [6, 6.07) is 0.214. The Morgan fingerprint density at radius 2 is 2.05 bits per heavy atom. The van der Waals surface area contributed by atoms with Crippen LogP contribution >= 0.6 is 0 Å². The van der Waals surface area contributed by atoms with Crippen LogP contribution < -0.4 is 11.1 Å².